The van der Waals surface area contributed by atoms with Crippen LogP contribution in [0.2, 0.25) is 0 Å². The van der Waals surface area contributed by atoms with Crippen LogP contribution in [0.1, 0.15) is 12.5 Å². The molecule has 1 unspecified atom stereocenters. The molecule has 0 aliphatic carbocycles. The molecule has 0 aliphatic rings. The Morgan fingerprint density at radius 2 is 1.94 bits per heavy atom. The number of likely N-dealkylation sites (N-methyl/N-ethyl adjacent to an activating group) is 1. The van der Waals surface area contributed by atoms with E-state index in [9.17, 15) is 9.59 Å². The van der Waals surface area contributed by atoms with Gasteiger partial charge in [0.1, 0.15) is 6.04 Å². The maximum Gasteiger partial charge on any atom is 0.405 e. The maximum absolute atomic E-state index is 11.6. The van der Waals surface area contributed by atoms with Gasteiger partial charge in [0.25, 0.3) is 0 Å². The van der Waals surface area contributed by atoms with Crippen LogP contribution < -0.4 is 10.6 Å². The van der Waals surface area contributed by atoms with Gasteiger partial charge in [-0.05, 0) is 12.5 Å². The van der Waals surface area contributed by atoms with Crippen LogP contribution >= 0.6 is 0 Å². The van der Waals surface area contributed by atoms with Crippen molar-refractivity contribution < 1.29 is 14.7 Å². The zero-order valence-electron chi connectivity index (χ0n) is 9.64. The van der Waals surface area contributed by atoms with Crippen LogP contribution in [0.25, 0.3) is 0 Å². The SMILES string of the molecule is CCNC(=O)C(Cc1ccccc1)NC(=O)O. The van der Waals surface area contributed by atoms with Crippen LogP contribution in [-0.4, -0.2) is 29.7 Å². The molecule has 0 spiro atoms. The maximum atomic E-state index is 11.6. The molecule has 0 aromatic heterocycles. The standard InChI is InChI=1S/C12H16N2O3/c1-2-13-11(15)10(14-12(16)17)8-9-6-4-3-5-7-9/h3-7,10,14H,2,8H2,1H3,(H,13,15)(H,16,17). The van der Waals surface area contributed by atoms with Crippen molar-refractivity contribution in [2.24, 2.45) is 0 Å². The number of carboxylic acid groups (broad SMARTS) is 1. The van der Waals surface area contributed by atoms with Crippen molar-refractivity contribution in [1.82, 2.24) is 10.6 Å². The Balaban J connectivity index is 2.70. The first kappa shape index (κ1) is 13.0. The van der Waals surface area contributed by atoms with Gasteiger partial charge >= 0.3 is 6.09 Å². The molecule has 5 heteroatoms. The fourth-order valence-corrected chi connectivity index (χ4v) is 1.51. The normalized spacial score (nSPS) is 11.6. The largest absolute Gasteiger partial charge is 0.465 e. The van der Waals surface area contributed by atoms with Gasteiger partial charge in [0.2, 0.25) is 5.91 Å². The molecule has 0 aliphatic heterocycles. The molecular formula is C12H16N2O3. The third kappa shape index (κ3) is 4.55. The lowest BCUT2D eigenvalue weighted by molar-refractivity contribution is -0.122. The predicted molar refractivity (Wildman–Crippen MR) is 63.8 cm³/mol. The third-order valence-corrected chi connectivity index (χ3v) is 2.25. The fraction of sp³-hybridized carbons (Fsp3) is 0.333. The number of nitrogens with one attached hydrogen (secondary N) is 2. The molecule has 1 aromatic carbocycles. The number of hydrogen-bond donors (Lipinski definition) is 3. The summed E-state index contributed by atoms with van der Waals surface area (Å²) in [5.41, 5.74) is 0.914. The average molecular weight is 236 g/mol. The Morgan fingerprint density at radius 1 is 1.29 bits per heavy atom. The van der Waals surface area contributed by atoms with Crippen LogP contribution in [0.15, 0.2) is 30.3 Å². The van der Waals surface area contributed by atoms with Crippen LogP contribution in [-0.2, 0) is 11.2 Å². The molecule has 17 heavy (non-hydrogen) atoms. The first-order chi connectivity index (χ1) is 8.13. The lowest BCUT2D eigenvalue weighted by Crippen LogP contribution is -2.47. The highest BCUT2D eigenvalue weighted by atomic mass is 16.4. The fourth-order valence-electron chi connectivity index (χ4n) is 1.51. The molecule has 2 amide bonds. The highest BCUT2D eigenvalue weighted by Crippen LogP contribution is 2.03. The number of carbonyl (C=O) groups is 2. The second kappa shape index (κ2) is 6.52. The summed E-state index contributed by atoms with van der Waals surface area (Å²) in [6, 6.07) is 8.53. The van der Waals surface area contributed by atoms with E-state index in [0.29, 0.717) is 13.0 Å². The Kier molecular flexibility index (Phi) is 5.00. The van der Waals surface area contributed by atoms with Gasteiger partial charge in [-0.25, -0.2) is 4.79 Å². The molecule has 0 heterocycles. The van der Waals surface area contributed by atoms with Gasteiger partial charge in [0.05, 0.1) is 0 Å². The molecule has 5 nitrogen and oxygen atoms in total. The summed E-state index contributed by atoms with van der Waals surface area (Å²) in [5.74, 6) is -0.307. The molecule has 0 saturated carbocycles. The highest BCUT2D eigenvalue weighted by molar-refractivity contribution is 5.85. The Morgan fingerprint density at radius 3 is 2.47 bits per heavy atom. The Bertz CT molecular complexity index is 379. The number of rotatable bonds is 5. The highest BCUT2D eigenvalue weighted by Gasteiger charge is 2.19. The van der Waals surface area contributed by atoms with Gasteiger partial charge in [0.15, 0.2) is 0 Å². The smallest absolute Gasteiger partial charge is 0.405 e. The summed E-state index contributed by atoms with van der Waals surface area (Å²) in [7, 11) is 0. The predicted octanol–water partition coefficient (Wildman–Crippen LogP) is 1.00. The summed E-state index contributed by atoms with van der Waals surface area (Å²) >= 11 is 0. The van der Waals surface area contributed by atoms with Crippen molar-refractivity contribution in [2.45, 2.75) is 19.4 Å². The quantitative estimate of drug-likeness (QED) is 0.713. The van der Waals surface area contributed by atoms with Crippen molar-refractivity contribution in [2.75, 3.05) is 6.54 Å². The molecule has 1 aromatic rings. The minimum absolute atomic E-state index is 0.307. The summed E-state index contributed by atoms with van der Waals surface area (Å²) in [6.07, 6.45) is -0.851. The van der Waals surface area contributed by atoms with Crippen LogP contribution in [0, 0.1) is 0 Å². The monoisotopic (exact) mass is 236 g/mol. The Labute approximate surface area is 99.8 Å². The van der Waals surface area contributed by atoms with Gasteiger partial charge in [-0.3, -0.25) is 4.79 Å². The van der Waals surface area contributed by atoms with E-state index in [0.717, 1.165) is 5.56 Å². The molecule has 3 N–H and O–H groups in total. The van der Waals surface area contributed by atoms with Crippen LogP contribution in [0.5, 0.6) is 0 Å². The summed E-state index contributed by atoms with van der Waals surface area (Å²) < 4.78 is 0. The van der Waals surface area contributed by atoms with E-state index in [1.807, 2.05) is 30.3 Å². The van der Waals surface area contributed by atoms with Crippen LogP contribution in [0.3, 0.4) is 0 Å². The van der Waals surface area contributed by atoms with Crippen molar-refractivity contribution in [3.8, 4) is 0 Å². The third-order valence-electron chi connectivity index (χ3n) is 2.25. The number of hydrogen-bond acceptors (Lipinski definition) is 2. The lowest BCUT2D eigenvalue weighted by atomic mass is 10.1. The first-order valence-corrected chi connectivity index (χ1v) is 5.44. The molecule has 0 bridgehead atoms. The van der Waals surface area contributed by atoms with Gasteiger partial charge in [-0.2, -0.15) is 0 Å². The zero-order chi connectivity index (χ0) is 12.7. The van der Waals surface area contributed by atoms with Gasteiger partial charge in [-0.15, -0.1) is 0 Å². The van der Waals surface area contributed by atoms with Crippen molar-refractivity contribution >= 4 is 12.0 Å². The second-order valence-electron chi connectivity index (χ2n) is 3.59. The van der Waals surface area contributed by atoms with Crippen molar-refractivity contribution in [3.05, 3.63) is 35.9 Å². The van der Waals surface area contributed by atoms with E-state index in [4.69, 9.17) is 5.11 Å². The van der Waals surface area contributed by atoms with E-state index >= 15 is 0 Å². The molecule has 0 saturated heterocycles. The number of amides is 2. The minimum atomic E-state index is -1.20. The second-order valence-corrected chi connectivity index (χ2v) is 3.59. The zero-order valence-corrected chi connectivity index (χ0v) is 9.64. The molecule has 1 atom stereocenters. The summed E-state index contributed by atoms with van der Waals surface area (Å²) in [6.45, 7) is 2.27. The summed E-state index contributed by atoms with van der Waals surface area (Å²) in [4.78, 5) is 22.3. The van der Waals surface area contributed by atoms with E-state index in [2.05, 4.69) is 10.6 Å². The van der Waals surface area contributed by atoms with Crippen molar-refractivity contribution in [3.63, 3.8) is 0 Å². The minimum Gasteiger partial charge on any atom is -0.465 e. The topological polar surface area (TPSA) is 78.4 Å². The average Bonchev–Trinajstić information content (AvgIpc) is 2.29. The van der Waals surface area contributed by atoms with Crippen molar-refractivity contribution in [1.29, 1.82) is 0 Å². The lowest BCUT2D eigenvalue weighted by Gasteiger charge is -2.16. The molecule has 92 valence electrons. The Hall–Kier alpha value is -2.04. The van der Waals surface area contributed by atoms with Gasteiger partial charge in [0, 0.05) is 13.0 Å². The number of carbonyl (C=O) groups excluding carboxylic acids is 1. The molecule has 0 radical (unpaired) electrons. The van der Waals surface area contributed by atoms with E-state index in [-0.39, 0.29) is 5.91 Å². The first-order valence-electron chi connectivity index (χ1n) is 5.44. The van der Waals surface area contributed by atoms with E-state index in [1.54, 1.807) is 6.92 Å². The molecule has 0 fully saturated rings. The van der Waals surface area contributed by atoms with Gasteiger partial charge in [-0.1, -0.05) is 30.3 Å². The number of benzene rings is 1. The van der Waals surface area contributed by atoms with E-state index in [1.165, 1.54) is 0 Å². The molecule has 1 rings (SSSR count). The molecular weight excluding hydrogens is 220 g/mol. The van der Waals surface area contributed by atoms with E-state index < -0.39 is 12.1 Å². The van der Waals surface area contributed by atoms with Crippen LogP contribution in [0.4, 0.5) is 4.79 Å². The summed E-state index contributed by atoms with van der Waals surface area (Å²) in [5, 5.41) is 13.5. The van der Waals surface area contributed by atoms with Gasteiger partial charge < -0.3 is 15.7 Å².